The second kappa shape index (κ2) is 6.84. The summed E-state index contributed by atoms with van der Waals surface area (Å²) in [5.74, 6) is 0.132. The van der Waals surface area contributed by atoms with Crippen LogP contribution in [0.25, 0.3) is 0 Å². The van der Waals surface area contributed by atoms with Crippen LogP contribution in [-0.2, 0) is 16.4 Å². The SMILES string of the molecule is CC(C)(C)S(=O)(=O)CCCn1cc(C(O)c2ccccc2)cn1. The van der Waals surface area contributed by atoms with E-state index in [1.54, 1.807) is 37.8 Å². The zero-order valence-electron chi connectivity index (χ0n) is 13.8. The van der Waals surface area contributed by atoms with E-state index in [9.17, 15) is 13.5 Å². The Balaban J connectivity index is 1.96. The molecule has 0 aliphatic rings. The maximum absolute atomic E-state index is 12.1. The van der Waals surface area contributed by atoms with Crippen molar-refractivity contribution in [3.63, 3.8) is 0 Å². The molecule has 23 heavy (non-hydrogen) atoms. The predicted molar refractivity (Wildman–Crippen MR) is 90.9 cm³/mol. The van der Waals surface area contributed by atoms with Gasteiger partial charge in [-0.3, -0.25) is 4.68 Å². The standard InChI is InChI=1S/C17H24N2O3S/c1-17(2,3)23(21,22)11-7-10-19-13-15(12-18-19)16(20)14-8-5-4-6-9-14/h4-6,8-9,12-13,16,20H,7,10-11H2,1-3H3. The van der Waals surface area contributed by atoms with Crippen molar-refractivity contribution in [1.29, 1.82) is 0 Å². The van der Waals surface area contributed by atoms with Crippen molar-refractivity contribution in [2.45, 2.75) is 44.6 Å². The lowest BCUT2D eigenvalue weighted by Gasteiger charge is -2.18. The lowest BCUT2D eigenvalue weighted by molar-refractivity contribution is 0.220. The highest BCUT2D eigenvalue weighted by Crippen LogP contribution is 2.21. The molecule has 2 rings (SSSR count). The third kappa shape index (κ3) is 4.42. The molecular weight excluding hydrogens is 312 g/mol. The molecule has 0 fully saturated rings. The fourth-order valence-electron chi connectivity index (χ4n) is 2.19. The Bertz CT molecular complexity index is 731. The second-order valence-electron chi connectivity index (χ2n) is 6.63. The Kier molecular flexibility index (Phi) is 5.26. The van der Waals surface area contributed by atoms with Gasteiger partial charge in [0, 0.05) is 18.3 Å². The number of rotatable bonds is 6. The average molecular weight is 336 g/mol. The van der Waals surface area contributed by atoms with E-state index in [0.29, 0.717) is 18.5 Å². The van der Waals surface area contributed by atoms with Crippen LogP contribution in [0.1, 0.15) is 44.4 Å². The van der Waals surface area contributed by atoms with Gasteiger partial charge >= 0.3 is 0 Å². The summed E-state index contributed by atoms with van der Waals surface area (Å²) in [7, 11) is -3.11. The summed E-state index contributed by atoms with van der Waals surface area (Å²) in [4.78, 5) is 0. The highest BCUT2D eigenvalue weighted by atomic mass is 32.2. The van der Waals surface area contributed by atoms with Crippen molar-refractivity contribution in [2.75, 3.05) is 5.75 Å². The van der Waals surface area contributed by atoms with E-state index in [-0.39, 0.29) is 5.75 Å². The van der Waals surface area contributed by atoms with Crippen molar-refractivity contribution >= 4 is 9.84 Å². The molecule has 0 aliphatic heterocycles. The van der Waals surface area contributed by atoms with Crippen LogP contribution in [0.2, 0.25) is 0 Å². The van der Waals surface area contributed by atoms with Gasteiger partial charge in [0.05, 0.1) is 16.7 Å². The third-order valence-corrected chi connectivity index (χ3v) is 6.51. The lowest BCUT2D eigenvalue weighted by atomic mass is 10.1. The van der Waals surface area contributed by atoms with Crippen molar-refractivity contribution in [3.05, 3.63) is 53.9 Å². The van der Waals surface area contributed by atoms with Gasteiger partial charge in [0.25, 0.3) is 0 Å². The normalized spacial score (nSPS) is 13.9. The van der Waals surface area contributed by atoms with Crippen molar-refractivity contribution in [3.8, 4) is 0 Å². The molecule has 0 spiro atoms. The molecule has 6 heteroatoms. The minimum atomic E-state index is -3.11. The number of aryl methyl sites for hydroxylation is 1. The molecule has 126 valence electrons. The van der Waals surface area contributed by atoms with Crippen LogP contribution in [0.5, 0.6) is 0 Å². The van der Waals surface area contributed by atoms with E-state index >= 15 is 0 Å². The van der Waals surface area contributed by atoms with Crippen LogP contribution < -0.4 is 0 Å². The first kappa shape index (κ1) is 17.7. The summed E-state index contributed by atoms with van der Waals surface area (Å²) in [6.07, 6.45) is 3.17. The molecule has 2 aromatic rings. The van der Waals surface area contributed by atoms with E-state index in [4.69, 9.17) is 0 Å². The molecule has 1 heterocycles. The van der Waals surface area contributed by atoms with Crippen LogP contribution in [0.3, 0.4) is 0 Å². The van der Waals surface area contributed by atoms with Gasteiger partial charge in [-0.15, -0.1) is 0 Å². The number of nitrogens with zero attached hydrogens (tertiary/aromatic N) is 2. The quantitative estimate of drug-likeness (QED) is 0.880. The smallest absolute Gasteiger partial charge is 0.155 e. The average Bonchev–Trinajstić information content (AvgIpc) is 2.95. The minimum Gasteiger partial charge on any atom is -0.384 e. The van der Waals surface area contributed by atoms with Crippen LogP contribution in [-0.4, -0.2) is 33.8 Å². The summed E-state index contributed by atoms with van der Waals surface area (Å²) in [5, 5.41) is 14.5. The van der Waals surface area contributed by atoms with Crippen LogP contribution in [0.15, 0.2) is 42.7 Å². The molecule has 0 saturated carbocycles. The lowest BCUT2D eigenvalue weighted by Crippen LogP contribution is -2.30. The van der Waals surface area contributed by atoms with E-state index in [0.717, 1.165) is 5.56 Å². The van der Waals surface area contributed by atoms with Gasteiger partial charge in [-0.2, -0.15) is 5.10 Å². The Morgan fingerprint density at radius 3 is 2.43 bits per heavy atom. The van der Waals surface area contributed by atoms with Crippen molar-refractivity contribution in [2.24, 2.45) is 0 Å². The largest absolute Gasteiger partial charge is 0.384 e. The summed E-state index contributed by atoms with van der Waals surface area (Å²) in [5.41, 5.74) is 1.51. The van der Waals surface area contributed by atoms with E-state index in [1.165, 1.54) is 0 Å². The van der Waals surface area contributed by atoms with E-state index < -0.39 is 20.7 Å². The minimum absolute atomic E-state index is 0.132. The number of hydrogen-bond donors (Lipinski definition) is 1. The first-order chi connectivity index (χ1) is 10.7. The fraction of sp³-hybridized carbons (Fsp3) is 0.471. The molecule has 0 aliphatic carbocycles. The van der Waals surface area contributed by atoms with Gasteiger partial charge in [0.2, 0.25) is 0 Å². The summed E-state index contributed by atoms with van der Waals surface area (Å²) in [6.45, 7) is 5.65. The van der Waals surface area contributed by atoms with Crippen LogP contribution >= 0.6 is 0 Å². The maximum atomic E-state index is 12.1. The molecule has 1 unspecified atom stereocenters. The summed E-state index contributed by atoms with van der Waals surface area (Å²) < 4.78 is 25.1. The highest BCUT2D eigenvalue weighted by Gasteiger charge is 2.28. The van der Waals surface area contributed by atoms with Crippen LogP contribution in [0, 0.1) is 0 Å². The molecule has 1 N–H and O–H groups in total. The van der Waals surface area contributed by atoms with E-state index in [2.05, 4.69) is 5.10 Å². The molecular formula is C17H24N2O3S. The summed E-state index contributed by atoms with van der Waals surface area (Å²) in [6, 6.07) is 9.37. The number of benzene rings is 1. The molecule has 5 nitrogen and oxygen atoms in total. The van der Waals surface area contributed by atoms with Gasteiger partial charge in [-0.05, 0) is 32.8 Å². The highest BCUT2D eigenvalue weighted by molar-refractivity contribution is 7.92. The Morgan fingerprint density at radius 2 is 1.83 bits per heavy atom. The topological polar surface area (TPSA) is 72.2 Å². The number of aliphatic hydroxyl groups excluding tert-OH is 1. The third-order valence-electron chi connectivity index (χ3n) is 3.82. The molecule has 1 atom stereocenters. The summed E-state index contributed by atoms with van der Waals surface area (Å²) >= 11 is 0. The maximum Gasteiger partial charge on any atom is 0.155 e. The van der Waals surface area contributed by atoms with Crippen LogP contribution in [0.4, 0.5) is 0 Å². The number of aromatic nitrogens is 2. The second-order valence-corrected chi connectivity index (χ2v) is 9.50. The first-order valence-corrected chi connectivity index (χ1v) is 9.33. The monoisotopic (exact) mass is 336 g/mol. The fourth-order valence-corrected chi connectivity index (χ4v) is 3.32. The van der Waals surface area contributed by atoms with Gasteiger partial charge in [-0.25, -0.2) is 8.42 Å². The molecule has 0 bridgehead atoms. The van der Waals surface area contributed by atoms with E-state index in [1.807, 2.05) is 30.3 Å². The van der Waals surface area contributed by atoms with Gasteiger partial charge in [0.1, 0.15) is 6.10 Å². The Labute approximate surface area is 137 Å². The first-order valence-electron chi connectivity index (χ1n) is 7.68. The Hall–Kier alpha value is -1.66. The number of aliphatic hydroxyl groups is 1. The molecule has 0 amide bonds. The number of hydrogen-bond acceptors (Lipinski definition) is 4. The molecule has 0 radical (unpaired) electrons. The van der Waals surface area contributed by atoms with Crippen molar-refractivity contribution in [1.82, 2.24) is 9.78 Å². The number of sulfone groups is 1. The molecule has 0 saturated heterocycles. The van der Waals surface area contributed by atoms with Gasteiger partial charge in [0.15, 0.2) is 9.84 Å². The zero-order chi connectivity index (χ0) is 17.1. The van der Waals surface area contributed by atoms with Gasteiger partial charge in [-0.1, -0.05) is 30.3 Å². The van der Waals surface area contributed by atoms with Crippen molar-refractivity contribution < 1.29 is 13.5 Å². The van der Waals surface area contributed by atoms with Gasteiger partial charge < -0.3 is 5.11 Å². The molecule has 1 aromatic carbocycles. The Morgan fingerprint density at radius 1 is 1.17 bits per heavy atom. The zero-order valence-corrected chi connectivity index (χ0v) is 14.6. The molecule has 1 aromatic heterocycles. The predicted octanol–water partition coefficient (Wildman–Crippen LogP) is 2.57.